The Bertz CT molecular complexity index is 1140. The standard InChI is InChI=1S/C20H24ClN5O2/c1-12-8-13(2)10-25(9-12)19-22-17-16(18(27)23-20(28)24(17)3)26(19)11-14-6-4-5-7-15(14)21/h4-7,12-13H,8-11H2,1-3H3,(H,23,27,28)/t12-,13-/m1/s1. The van der Waals surface area contributed by atoms with Crippen LogP contribution in [0.3, 0.4) is 0 Å². The van der Waals surface area contributed by atoms with Gasteiger partial charge in [0.05, 0.1) is 6.54 Å². The van der Waals surface area contributed by atoms with E-state index in [4.69, 9.17) is 16.6 Å². The molecule has 1 N–H and O–H groups in total. The molecule has 4 rings (SSSR count). The van der Waals surface area contributed by atoms with E-state index in [9.17, 15) is 9.59 Å². The summed E-state index contributed by atoms with van der Waals surface area (Å²) in [6, 6.07) is 7.57. The first kappa shape index (κ1) is 18.8. The number of nitrogens with zero attached hydrogens (tertiary/aromatic N) is 4. The van der Waals surface area contributed by atoms with Crippen LogP contribution in [0, 0.1) is 11.8 Å². The van der Waals surface area contributed by atoms with E-state index < -0.39 is 11.2 Å². The maximum Gasteiger partial charge on any atom is 0.329 e. The van der Waals surface area contributed by atoms with Gasteiger partial charge in [0.1, 0.15) is 0 Å². The van der Waals surface area contributed by atoms with Crippen LogP contribution in [0.5, 0.6) is 0 Å². The summed E-state index contributed by atoms with van der Waals surface area (Å²) in [5.74, 6) is 1.76. The van der Waals surface area contributed by atoms with Crippen LogP contribution in [0.1, 0.15) is 25.8 Å². The lowest BCUT2D eigenvalue weighted by molar-refractivity contribution is 0.352. The molecule has 8 heteroatoms. The third-order valence-corrected chi connectivity index (χ3v) is 5.79. The fourth-order valence-electron chi connectivity index (χ4n) is 4.24. The van der Waals surface area contributed by atoms with Gasteiger partial charge in [-0.3, -0.25) is 18.9 Å². The van der Waals surface area contributed by atoms with E-state index in [-0.39, 0.29) is 0 Å². The van der Waals surface area contributed by atoms with E-state index in [2.05, 4.69) is 23.7 Å². The molecule has 1 saturated heterocycles. The Balaban J connectivity index is 1.94. The van der Waals surface area contributed by atoms with Crippen molar-refractivity contribution in [1.29, 1.82) is 0 Å². The summed E-state index contributed by atoms with van der Waals surface area (Å²) in [6.07, 6.45) is 1.17. The van der Waals surface area contributed by atoms with Crippen LogP contribution in [-0.4, -0.2) is 32.2 Å². The van der Waals surface area contributed by atoms with Gasteiger partial charge in [0.2, 0.25) is 5.95 Å². The number of rotatable bonds is 3. The van der Waals surface area contributed by atoms with Crippen molar-refractivity contribution >= 4 is 28.7 Å². The monoisotopic (exact) mass is 401 g/mol. The summed E-state index contributed by atoms with van der Waals surface area (Å²) in [6.45, 7) is 6.59. The number of halogens is 1. The second-order valence-corrected chi connectivity index (χ2v) is 8.34. The van der Waals surface area contributed by atoms with Gasteiger partial charge in [-0.15, -0.1) is 0 Å². The topological polar surface area (TPSA) is 75.9 Å². The first-order valence-corrected chi connectivity index (χ1v) is 9.90. The van der Waals surface area contributed by atoms with Crippen molar-refractivity contribution in [3.8, 4) is 0 Å². The molecule has 148 valence electrons. The summed E-state index contributed by atoms with van der Waals surface area (Å²) in [5.41, 5.74) is 0.787. The van der Waals surface area contributed by atoms with E-state index in [1.54, 1.807) is 7.05 Å². The largest absolute Gasteiger partial charge is 0.342 e. The lowest BCUT2D eigenvalue weighted by atomic mass is 9.92. The molecule has 3 aromatic rings. The number of anilines is 1. The van der Waals surface area contributed by atoms with Gasteiger partial charge in [-0.05, 0) is 29.9 Å². The Kier molecular flexibility index (Phi) is 4.79. The van der Waals surface area contributed by atoms with Crippen molar-refractivity contribution in [2.24, 2.45) is 18.9 Å². The molecule has 0 saturated carbocycles. The van der Waals surface area contributed by atoms with Crippen molar-refractivity contribution in [3.63, 3.8) is 0 Å². The molecule has 1 aliphatic rings. The number of hydrogen-bond acceptors (Lipinski definition) is 4. The number of aryl methyl sites for hydroxylation is 1. The van der Waals surface area contributed by atoms with Crippen LogP contribution in [0.25, 0.3) is 11.2 Å². The quantitative estimate of drug-likeness (QED) is 0.731. The van der Waals surface area contributed by atoms with Crippen LogP contribution in [0.15, 0.2) is 33.9 Å². The molecule has 1 aromatic carbocycles. The van der Waals surface area contributed by atoms with Gasteiger partial charge in [-0.25, -0.2) is 4.79 Å². The third-order valence-electron chi connectivity index (χ3n) is 5.42. The number of piperidine rings is 1. The summed E-state index contributed by atoms with van der Waals surface area (Å²) in [4.78, 5) is 34.1. The van der Waals surface area contributed by atoms with Crippen molar-refractivity contribution in [1.82, 2.24) is 19.1 Å². The Labute approximate surface area is 167 Å². The van der Waals surface area contributed by atoms with Gasteiger partial charge in [0.25, 0.3) is 5.56 Å². The minimum Gasteiger partial charge on any atom is -0.342 e. The highest BCUT2D eigenvalue weighted by molar-refractivity contribution is 6.31. The maximum atomic E-state index is 12.7. The highest BCUT2D eigenvalue weighted by Gasteiger charge is 2.28. The third kappa shape index (κ3) is 3.24. The summed E-state index contributed by atoms with van der Waals surface area (Å²) in [5, 5.41) is 0.636. The van der Waals surface area contributed by atoms with Crippen LogP contribution in [0.4, 0.5) is 5.95 Å². The normalized spacial score (nSPS) is 20.1. The molecular weight excluding hydrogens is 378 g/mol. The number of nitrogens with one attached hydrogen (secondary N) is 1. The maximum absolute atomic E-state index is 12.7. The van der Waals surface area contributed by atoms with Crippen molar-refractivity contribution < 1.29 is 0 Å². The average molecular weight is 402 g/mol. The molecule has 2 atom stereocenters. The smallest absolute Gasteiger partial charge is 0.329 e. The number of fused-ring (bicyclic) bond motifs is 1. The molecule has 3 heterocycles. The van der Waals surface area contributed by atoms with Gasteiger partial charge in [-0.1, -0.05) is 43.6 Å². The molecule has 1 aliphatic heterocycles. The number of imidazole rings is 1. The number of benzene rings is 1. The van der Waals surface area contributed by atoms with Gasteiger partial charge in [0.15, 0.2) is 11.2 Å². The minimum absolute atomic E-state index is 0.390. The number of aromatic nitrogens is 4. The SMILES string of the molecule is C[C@@H]1C[C@@H](C)CN(c2nc3c(c(=O)[nH]c(=O)n3C)n2Cc2ccccc2Cl)C1. The van der Waals surface area contributed by atoms with E-state index >= 15 is 0 Å². The highest BCUT2D eigenvalue weighted by atomic mass is 35.5. The molecule has 1 fully saturated rings. The predicted octanol–water partition coefficient (Wildman–Crippen LogP) is 2.61. The summed E-state index contributed by atoms with van der Waals surface area (Å²) < 4.78 is 3.28. The first-order chi connectivity index (χ1) is 13.3. The summed E-state index contributed by atoms with van der Waals surface area (Å²) >= 11 is 6.38. The molecule has 0 aliphatic carbocycles. The summed E-state index contributed by atoms with van der Waals surface area (Å²) in [7, 11) is 1.62. The lowest BCUT2D eigenvalue weighted by Gasteiger charge is -2.35. The van der Waals surface area contributed by atoms with Gasteiger partial charge < -0.3 is 4.90 Å². The zero-order valence-electron chi connectivity index (χ0n) is 16.3. The molecule has 7 nitrogen and oxygen atoms in total. The number of H-pyrrole nitrogens is 1. The second kappa shape index (κ2) is 7.13. The van der Waals surface area contributed by atoms with Crippen molar-refractivity contribution in [2.45, 2.75) is 26.8 Å². The molecule has 0 spiro atoms. The fourth-order valence-corrected chi connectivity index (χ4v) is 4.43. The van der Waals surface area contributed by atoms with E-state index in [1.165, 1.54) is 11.0 Å². The molecule has 0 radical (unpaired) electrons. The average Bonchev–Trinajstić information content (AvgIpc) is 3.01. The molecule has 0 bridgehead atoms. The van der Waals surface area contributed by atoms with E-state index in [1.807, 2.05) is 28.8 Å². The van der Waals surface area contributed by atoms with Gasteiger partial charge in [0, 0.05) is 25.2 Å². The predicted molar refractivity (Wildman–Crippen MR) is 111 cm³/mol. The second-order valence-electron chi connectivity index (χ2n) is 7.93. The van der Waals surface area contributed by atoms with Crippen LogP contribution in [0.2, 0.25) is 5.02 Å². The molecular formula is C20H24ClN5O2. The van der Waals surface area contributed by atoms with E-state index in [0.29, 0.717) is 40.5 Å². The lowest BCUT2D eigenvalue weighted by Crippen LogP contribution is -2.40. The first-order valence-electron chi connectivity index (χ1n) is 9.53. The Morgan fingerprint density at radius 3 is 2.54 bits per heavy atom. The fraction of sp³-hybridized carbons (Fsp3) is 0.450. The van der Waals surface area contributed by atoms with Crippen LogP contribution in [-0.2, 0) is 13.6 Å². The molecule has 28 heavy (non-hydrogen) atoms. The minimum atomic E-state index is -0.466. The molecule has 2 aromatic heterocycles. The number of aromatic amines is 1. The van der Waals surface area contributed by atoms with Crippen molar-refractivity contribution in [3.05, 3.63) is 55.7 Å². The Morgan fingerprint density at radius 1 is 1.18 bits per heavy atom. The van der Waals surface area contributed by atoms with Crippen LogP contribution < -0.4 is 16.1 Å². The number of hydrogen-bond donors (Lipinski definition) is 1. The van der Waals surface area contributed by atoms with E-state index in [0.717, 1.165) is 18.7 Å². The van der Waals surface area contributed by atoms with Gasteiger partial charge in [-0.2, -0.15) is 4.98 Å². The van der Waals surface area contributed by atoms with Gasteiger partial charge >= 0.3 is 5.69 Å². The zero-order chi connectivity index (χ0) is 20.0. The molecule has 0 unspecified atom stereocenters. The highest BCUT2D eigenvalue weighted by Crippen LogP contribution is 2.29. The molecule has 0 amide bonds. The van der Waals surface area contributed by atoms with Crippen LogP contribution >= 0.6 is 11.6 Å². The Hall–Kier alpha value is -2.54. The zero-order valence-corrected chi connectivity index (χ0v) is 17.0. The Morgan fingerprint density at radius 2 is 1.86 bits per heavy atom. The van der Waals surface area contributed by atoms with Crippen molar-refractivity contribution in [2.75, 3.05) is 18.0 Å².